The number of nitrogens with zero attached hydrogens (tertiary/aromatic N) is 2. The van der Waals surface area contributed by atoms with E-state index < -0.39 is 0 Å². The van der Waals surface area contributed by atoms with Crippen LogP contribution in [0, 0.1) is 17.7 Å². The molecule has 0 saturated heterocycles. The van der Waals surface area contributed by atoms with Crippen molar-refractivity contribution in [3.8, 4) is 10.6 Å². The van der Waals surface area contributed by atoms with Crippen molar-refractivity contribution in [1.82, 2.24) is 20.5 Å². The number of hydrogen-bond acceptors (Lipinski definition) is 5. The van der Waals surface area contributed by atoms with Gasteiger partial charge in [-0.15, -0.1) is 11.3 Å². The van der Waals surface area contributed by atoms with Gasteiger partial charge in [0, 0.05) is 30.4 Å². The highest BCUT2D eigenvalue weighted by Gasteiger charge is 2.58. The molecule has 1 aliphatic heterocycles. The molecule has 8 rings (SSSR count). The van der Waals surface area contributed by atoms with Crippen LogP contribution in [-0.4, -0.2) is 39.3 Å². The predicted molar refractivity (Wildman–Crippen MR) is 144 cm³/mol. The van der Waals surface area contributed by atoms with Crippen LogP contribution in [0.25, 0.3) is 10.6 Å². The van der Waals surface area contributed by atoms with Crippen molar-refractivity contribution in [2.45, 2.75) is 62.7 Å². The second-order valence-electron chi connectivity index (χ2n) is 11.9. The van der Waals surface area contributed by atoms with E-state index in [0.29, 0.717) is 30.5 Å². The first-order valence-electron chi connectivity index (χ1n) is 13.5. The monoisotopic (exact) mass is 530 g/mol. The van der Waals surface area contributed by atoms with Crippen molar-refractivity contribution < 1.29 is 14.0 Å². The van der Waals surface area contributed by atoms with Crippen molar-refractivity contribution in [2.75, 3.05) is 6.54 Å². The lowest BCUT2D eigenvalue weighted by Crippen LogP contribution is -2.69. The summed E-state index contributed by atoms with van der Waals surface area (Å²) in [5.41, 5.74) is 3.01. The van der Waals surface area contributed by atoms with E-state index in [4.69, 9.17) is 0 Å². The Morgan fingerprint density at radius 2 is 1.82 bits per heavy atom. The number of fused-ring (bicyclic) bond motifs is 1. The van der Waals surface area contributed by atoms with Gasteiger partial charge in [0.2, 0.25) is 5.91 Å². The Morgan fingerprint density at radius 1 is 1.03 bits per heavy atom. The van der Waals surface area contributed by atoms with Gasteiger partial charge in [-0.25, -0.2) is 4.39 Å². The summed E-state index contributed by atoms with van der Waals surface area (Å²) in [6.07, 6.45) is 7.84. The maximum Gasteiger partial charge on any atom is 0.253 e. The minimum atomic E-state index is -0.258. The quantitative estimate of drug-likeness (QED) is 0.475. The Bertz CT molecular complexity index is 1380. The Morgan fingerprint density at radius 3 is 2.55 bits per heavy atom. The topological polar surface area (TPSA) is 74.3 Å². The van der Waals surface area contributed by atoms with Gasteiger partial charge in [-0.1, -0.05) is 12.1 Å². The van der Waals surface area contributed by atoms with E-state index in [9.17, 15) is 14.0 Å². The van der Waals surface area contributed by atoms with Crippen LogP contribution < -0.4 is 10.6 Å². The van der Waals surface area contributed by atoms with Crippen LogP contribution in [0.5, 0.6) is 0 Å². The summed E-state index contributed by atoms with van der Waals surface area (Å²) in [6, 6.07) is 12.6. The molecule has 4 aliphatic carbocycles. The molecule has 3 heterocycles. The number of benzene rings is 1. The molecular weight excluding hydrogens is 499 g/mol. The van der Waals surface area contributed by atoms with Gasteiger partial charge in [0.15, 0.2) is 0 Å². The SMILES string of the molecule is O=C(NC12C[C@@H]3C[C@@H](CC(NCC(=O)N4Cc5ccc(F)cc5C4)(C3)C1)C2)c1ccc(-c2cccs2)nc1. The summed E-state index contributed by atoms with van der Waals surface area (Å²) in [6.45, 7) is 1.27. The molecule has 1 aromatic carbocycles. The van der Waals surface area contributed by atoms with Crippen molar-refractivity contribution in [3.63, 3.8) is 0 Å². The number of aromatic nitrogens is 1. The molecule has 4 saturated carbocycles. The van der Waals surface area contributed by atoms with E-state index in [1.807, 2.05) is 34.5 Å². The summed E-state index contributed by atoms with van der Waals surface area (Å²) >= 11 is 1.63. The van der Waals surface area contributed by atoms with Crippen LogP contribution in [0.2, 0.25) is 0 Å². The van der Waals surface area contributed by atoms with Crippen LogP contribution in [0.15, 0.2) is 54.0 Å². The highest BCUT2D eigenvalue weighted by molar-refractivity contribution is 7.13. The minimum absolute atomic E-state index is 0.0485. The normalized spacial score (nSPS) is 28.9. The number of pyridine rings is 1. The third-order valence-electron chi connectivity index (χ3n) is 9.10. The van der Waals surface area contributed by atoms with Crippen LogP contribution in [0.4, 0.5) is 4.39 Å². The van der Waals surface area contributed by atoms with E-state index >= 15 is 0 Å². The number of nitrogens with one attached hydrogen (secondary N) is 2. The lowest BCUT2D eigenvalue weighted by Gasteiger charge is -2.62. The third kappa shape index (κ3) is 4.33. The number of hydrogen-bond donors (Lipinski definition) is 2. The van der Waals surface area contributed by atoms with Crippen LogP contribution in [0.3, 0.4) is 0 Å². The fourth-order valence-corrected chi connectivity index (χ4v) is 8.64. The molecular formula is C30H31FN4O2S. The second kappa shape index (κ2) is 8.99. The van der Waals surface area contributed by atoms with Gasteiger partial charge in [0.1, 0.15) is 5.82 Å². The zero-order chi connectivity index (χ0) is 25.9. The molecule has 6 nitrogen and oxygen atoms in total. The summed E-state index contributed by atoms with van der Waals surface area (Å²) in [7, 11) is 0. The molecule has 2 amide bonds. The zero-order valence-corrected chi connectivity index (χ0v) is 22.0. The molecule has 4 bridgehead atoms. The fourth-order valence-electron chi connectivity index (χ4n) is 7.94. The lowest BCUT2D eigenvalue weighted by molar-refractivity contribution is -0.132. The Kier molecular flexibility index (Phi) is 5.67. The van der Waals surface area contributed by atoms with Crippen LogP contribution in [-0.2, 0) is 17.9 Å². The molecule has 4 atom stereocenters. The number of amides is 2. The number of thiophene rings is 1. The van der Waals surface area contributed by atoms with Crippen molar-refractivity contribution in [3.05, 3.63) is 76.5 Å². The van der Waals surface area contributed by atoms with Crippen molar-refractivity contribution in [2.24, 2.45) is 11.8 Å². The van der Waals surface area contributed by atoms with E-state index in [0.717, 1.165) is 53.8 Å². The summed E-state index contributed by atoms with van der Waals surface area (Å²) < 4.78 is 13.6. The van der Waals surface area contributed by atoms with Gasteiger partial charge in [0.05, 0.1) is 22.7 Å². The molecule has 5 aliphatic rings. The smallest absolute Gasteiger partial charge is 0.253 e. The average Bonchev–Trinajstić information content (AvgIpc) is 3.57. The molecule has 2 aromatic heterocycles. The molecule has 8 heteroatoms. The van der Waals surface area contributed by atoms with Gasteiger partial charge >= 0.3 is 0 Å². The zero-order valence-electron chi connectivity index (χ0n) is 21.2. The molecule has 2 N–H and O–H groups in total. The molecule has 0 radical (unpaired) electrons. The molecule has 38 heavy (non-hydrogen) atoms. The Balaban J connectivity index is 1.02. The van der Waals surface area contributed by atoms with Gasteiger partial charge in [-0.2, -0.15) is 0 Å². The molecule has 3 aromatic rings. The predicted octanol–water partition coefficient (Wildman–Crippen LogP) is 4.90. The number of halogens is 1. The highest BCUT2D eigenvalue weighted by atomic mass is 32.1. The van der Waals surface area contributed by atoms with Crippen molar-refractivity contribution in [1.29, 1.82) is 0 Å². The van der Waals surface area contributed by atoms with Gasteiger partial charge < -0.3 is 15.5 Å². The molecule has 2 unspecified atom stereocenters. The summed E-state index contributed by atoms with van der Waals surface area (Å²) in [5, 5.41) is 9.13. The van der Waals surface area contributed by atoms with E-state index in [2.05, 4.69) is 15.6 Å². The lowest BCUT2D eigenvalue weighted by atomic mass is 9.50. The molecule has 196 valence electrons. The third-order valence-corrected chi connectivity index (χ3v) is 9.99. The van der Waals surface area contributed by atoms with Gasteiger partial charge in [-0.05, 0) is 97.2 Å². The average molecular weight is 531 g/mol. The first-order chi connectivity index (χ1) is 18.4. The minimum Gasteiger partial charge on any atom is -0.346 e. The van der Waals surface area contributed by atoms with Gasteiger partial charge in [0.25, 0.3) is 5.91 Å². The van der Waals surface area contributed by atoms with Crippen LogP contribution in [0.1, 0.15) is 60.0 Å². The summed E-state index contributed by atoms with van der Waals surface area (Å²) in [5.74, 6) is 0.833. The number of rotatable bonds is 6. The van der Waals surface area contributed by atoms with E-state index in [-0.39, 0.29) is 35.3 Å². The van der Waals surface area contributed by atoms with E-state index in [1.165, 1.54) is 18.6 Å². The Hall–Kier alpha value is -3.10. The maximum absolute atomic E-state index is 13.6. The molecule has 0 spiro atoms. The van der Waals surface area contributed by atoms with Gasteiger partial charge in [-0.3, -0.25) is 14.6 Å². The fraction of sp³-hybridized carbons (Fsp3) is 0.433. The van der Waals surface area contributed by atoms with Crippen molar-refractivity contribution >= 4 is 23.2 Å². The largest absolute Gasteiger partial charge is 0.346 e. The maximum atomic E-state index is 13.6. The first-order valence-corrected chi connectivity index (χ1v) is 14.4. The second-order valence-corrected chi connectivity index (χ2v) is 12.8. The number of carbonyl (C=O) groups excluding carboxylic acids is 2. The molecule has 4 fully saturated rings. The Labute approximate surface area is 225 Å². The van der Waals surface area contributed by atoms with Crippen LogP contribution >= 0.6 is 11.3 Å². The standard InChI is InChI=1S/C30H31FN4O2S/c31-24-5-3-22-16-35(17-23(22)9-24)27(36)15-33-29-10-19-8-20(11-29)13-30(12-19,18-29)34-28(37)21-4-6-25(32-14-21)26-2-1-7-38-26/h1-7,9,14,19-20,33H,8,10-13,15-18H2,(H,34,37)/t19-,20+,29?,30?. The first kappa shape index (κ1) is 24.0. The highest BCUT2D eigenvalue weighted by Crippen LogP contribution is 2.57. The van der Waals surface area contributed by atoms with E-state index in [1.54, 1.807) is 23.6 Å². The summed E-state index contributed by atoms with van der Waals surface area (Å²) in [4.78, 5) is 33.9. The number of carbonyl (C=O) groups is 2.